The molecule has 0 radical (unpaired) electrons. The maximum Gasteiger partial charge on any atom is 0.333 e. The molecule has 0 aliphatic heterocycles. The van der Waals surface area contributed by atoms with Crippen LogP contribution in [0.1, 0.15) is 131 Å². The number of hydrogen-bond acceptors (Lipinski definition) is 3. The molecule has 0 aromatic rings. The Morgan fingerprint density at radius 3 is 2.20 bits per heavy atom. The highest BCUT2D eigenvalue weighted by atomic mass is 16.5. The van der Waals surface area contributed by atoms with Crippen LogP contribution in [0.15, 0.2) is 83.6 Å². The summed E-state index contributed by atoms with van der Waals surface area (Å²) in [5.74, 6) is 1.64. The van der Waals surface area contributed by atoms with Crippen molar-refractivity contribution < 1.29 is 14.3 Å². The smallest absolute Gasteiger partial charge is 0.333 e. The minimum Gasteiger partial charge on any atom is -0.462 e. The van der Waals surface area contributed by atoms with Gasteiger partial charge in [0.25, 0.3) is 0 Å². The zero-order valence-electron chi connectivity index (χ0n) is 30.7. The average Bonchev–Trinajstić information content (AvgIpc) is 3.40. The van der Waals surface area contributed by atoms with E-state index in [1.807, 2.05) is 7.11 Å². The first-order valence-electron chi connectivity index (χ1n) is 18.0. The summed E-state index contributed by atoms with van der Waals surface area (Å²) >= 11 is 0. The first-order valence-corrected chi connectivity index (χ1v) is 18.0. The third-order valence-corrected chi connectivity index (χ3v) is 8.50. The number of allylic oxidation sites excluding steroid dienone is 10. The Kier molecular flexibility index (Phi) is 26.7. The van der Waals surface area contributed by atoms with E-state index in [9.17, 15) is 4.79 Å². The molecule has 3 nitrogen and oxygen atoms in total. The van der Waals surface area contributed by atoms with Gasteiger partial charge in [0.2, 0.25) is 0 Å². The highest BCUT2D eigenvalue weighted by molar-refractivity contribution is 5.86. The molecule has 46 heavy (non-hydrogen) atoms. The number of rotatable bonds is 13. The molecule has 3 rings (SSSR count). The van der Waals surface area contributed by atoms with Crippen molar-refractivity contribution in [2.75, 3.05) is 13.7 Å². The van der Waals surface area contributed by atoms with Crippen LogP contribution in [0.5, 0.6) is 0 Å². The molecule has 0 bridgehead atoms. The van der Waals surface area contributed by atoms with Gasteiger partial charge in [0.1, 0.15) is 0 Å². The molecule has 4 unspecified atom stereocenters. The van der Waals surface area contributed by atoms with E-state index in [4.69, 9.17) is 9.47 Å². The van der Waals surface area contributed by atoms with Gasteiger partial charge < -0.3 is 9.47 Å². The molecule has 0 amide bonds. The largest absolute Gasteiger partial charge is 0.462 e. The second kappa shape index (κ2) is 28.4. The van der Waals surface area contributed by atoms with Gasteiger partial charge in [0.15, 0.2) is 0 Å². The standard InChI is InChI=1S/C21H32O.C11H20O2.C9H14.C2H2/c1-4-5-8-19-13-15-21(22-3)20(16-19)14-12-18-9-6-7-17(2)10-11-18;1-4-5-6-7-8-9-13-11(12)10(2)3;1-8-4-3-5-9(2)7-6-8;1-2/h9-12,14,16-17,20-21H,4-8,13,15H2,1-3H3;2,4-9H2,1,3H3;4,6-7,9H,3,5H2,1-2H3;1-2H/b14-12+;;;. The summed E-state index contributed by atoms with van der Waals surface area (Å²) in [4.78, 5) is 10.9. The summed E-state index contributed by atoms with van der Waals surface area (Å²) in [5, 5.41) is 0. The van der Waals surface area contributed by atoms with Crippen molar-refractivity contribution in [2.24, 2.45) is 17.8 Å². The van der Waals surface area contributed by atoms with Gasteiger partial charge in [-0.1, -0.05) is 132 Å². The Labute approximate surface area is 285 Å². The third kappa shape index (κ3) is 21.8. The predicted octanol–water partition coefficient (Wildman–Crippen LogP) is 12.2. The monoisotopic (exact) mass is 633 g/mol. The molecule has 3 aliphatic carbocycles. The fourth-order valence-electron chi connectivity index (χ4n) is 5.40. The molecule has 3 heteroatoms. The second-order valence-corrected chi connectivity index (χ2v) is 13.0. The Hall–Kier alpha value is -2.83. The molecule has 3 aliphatic rings. The van der Waals surface area contributed by atoms with Gasteiger partial charge in [0, 0.05) is 18.6 Å². The van der Waals surface area contributed by atoms with E-state index in [0.29, 0.717) is 30.1 Å². The van der Waals surface area contributed by atoms with E-state index in [0.717, 1.165) is 25.2 Å². The number of carbonyl (C=O) groups excluding carboxylic acids is 1. The average molecular weight is 633 g/mol. The highest BCUT2D eigenvalue weighted by Gasteiger charge is 2.22. The van der Waals surface area contributed by atoms with Gasteiger partial charge in [-0.05, 0) is 89.0 Å². The van der Waals surface area contributed by atoms with E-state index >= 15 is 0 Å². The predicted molar refractivity (Wildman–Crippen MR) is 202 cm³/mol. The number of carbonyl (C=O) groups is 1. The molecule has 0 N–H and O–H groups in total. The molecule has 0 saturated carbocycles. The molecule has 0 aromatic heterocycles. The summed E-state index contributed by atoms with van der Waals surface area (Å²) in [5.41, 5.74) is 4.88. The SMILES string of the molecule is C#C.C=C(C)C(=O)OCCCCCCC.CC1=CCCC(C)C=C1.CCCCC1=CC(/C=C/C2=CCCC(C)C=C2)C(OC)CC1. The Morgan fingerprint density at radius 1 is 0.935 bits per heavy atom. The maximum absolute atomic E-state index is 10.9. The van der Waals surface area contributed by atoms with Crippen molar-refractivity contribution in [1.29, 1.82) is 0 Å². The first-order chi connectivity index (χ1) is 22.2. The van der Waals surface area contributed by atoms with E-state index in [2.05, 4.69) is 109 Å². The van der Waals surface area contributed by atoms with Crippen molar-refractivity contribution in [2.45, 2.75) is 138 Å². The van der Waals surface area contributed by atoms with Crippen molar-refractivity contribution in [1.82, 2.24) is 0 Å². The Morgan fingerprint density at radius 2 is 1.57 bits per heavy atom. The van der Waals surface area contributed by atoms with Gasteiger partial charge in [-0.3, -0.25) is 0 Å². The fourth-order valence-corrected chi connectivity index (χ4v) is 5.40. The number of terminal acetylenes is 1. The number of methoxy groups -OCH3 is 1. The first kappa shape index (κ1) is 43.2. The lowest BCUT2D eigenvalue weighted by molar-refractivity contribution is -0.139. The molecule has 4 atom stereocenters. The molecule has 0 saturated heterocycles. The molecule has 0 aromatic carbocycles. The minimum atomic E-state index is -0.268. The van der Waals surface area contributed by atoms with Crippen LogP contribution in [0, 0.1) is 30.6 Å². The van der Waals surface area contributed by atoms with Crippen LogP contribution in [0.2, 0.25) is 0 Å². The Balaban J connectivity index is 0.000000715. The third-order valence-electron chi connectivity index (χ3n) is 8.50. The molecule has 258 valence electrons. The lowest BCUT2D eigenvalue weighted by Crippen LogP contribution is -2.23. The van der Waals surface area contributed by atoms with E-state index < -0.39 is 0 Å². The van der Waals surface area contributed by atoms with Crippen LogP contribution in [0.3, 0.4) is 0 Å². The van der Waals surface area contributed by atoms with Gasteiger partial charge in [0.05, 0.1) is 12.7 Å². The summed E-state index contributed by atoms with van der Waals surface area (Å²) < 4.78 is 10.7. The van der Waals surface area contributed by atoms with Crippen LogP contribution in [-0.4, -0.2) is 25.8 Å². The van der Waals surface area contributed by atoms with Crippen molar-refractivity contribution in [3.05, 3.63) is 83.6 Å². The van der Waals surface area contributed by atoms with E-state index in [1.165, 1.54) is 81.8 Å². The molecule has 0 heterocycles. The highest BCUT2D eigenvalue weighted by Crippen LogP contribution is 2.30. The quantitative estimate of drug-likeness (QED) is 0.0666. The number of ether oxygens (including phenoxy) is 2. The normalized spacial score (nSPS) is 22.2. The van der Waals surface area contributed by atoms with Crippen LogP contribution in [0.4, 0.5) is 0 Å². The molecule has 0 fully saturated rings. The van der Waals surface area contributed by atoms with Crippen LogP contribution in [-0.2, 0) is 14.3 Å². The second-order valence-electron chi connectivity index (χ2n) is 13.0. The van der Waals surface area contributed by atoms with Gasteiger partial charge in [-0.2, -0.15) is 0 Å². The van der Waals surface area contributed by atoms with Crippen LogP contribution in [0.25, 0.3) is 0 Å². The fraction of sp³-hybridized carbons (Fsp3) is 0.605. The van der Waals surface area contributed by atoms with Crippen LogP contribution >= 0.6 is 0 Å². The zero-order chi connectivity index (χ0) is 34.6. The van der Waals surface area contributed by atoms with E-state index in [-0.39, 0.29) is 5.97 Å². The maximum atomic E-state index is 10.9. The summed E-state index contributed by atoms with van der Waals surface area (Å²) in [6.07, 6.45) is 46.4. The summed E-state index contributed by atoms with van der Waals surface area (Å²) in [7, 11) is 1.85. The van der Waals surface area contributed by atoms with Crippen molar-refractivity contribution in [3.8, 4) is 12.8 Å². The summed E-state index contributed by atoms with van der Waals surface area (Å²) in [6.45, 7) is 16.9. The molecular formula is C43H68O3. The summed E-state index contributed by atoms with van der Waals surface area (Å²) in [6, 6.07) is 0. The Bertz CT molecular complexity index is 1030. The number of unbranched alkanes of at least 4 members (excludes halogenated alkanes) is 5. The van der Waals surface area contributed by atoms with Gasteiger partial charge in [-0.15, -0.1) is 12.8 Å². The number of hydrogen-bond donors (Lipinski definition) is 0. The lowest BCUT2D eigenvalue weighted by atomic mass is 9.85. The van der Waals surface area contributed by atoms with Crippen molar-refractivity contribution in [3.63, 3.8) is 0 Å². The lowest BCUT2D eigenvalue weighted by Gasteiger charge is -2.27. The zero-order valence-corrected chi connectivity index (χ0v) is 30.7. The molecule has 0 spiro atoms. The van der Waals surface area contributed by atoms with Gasteiger partial charge >= 0.3 is 5.97 Å². The van der Waals surface area contributed by atoms with Crippen molar-refractivity contribution >= 4 is 5.97 Å². The van der Waals surface area contributed by atoms with Gasteiger partial charge in [-0.25, -0.2) is 4.79 Å². The molecular weight excluding hydrogens is 564 g/mol. The topological polar surface area (TPSA) is 35.5 Å². The number of esters is 1. The van der Waals surface area contributed by atoms with Crippen LogP contribution < -0.4 is 0 Å². The van der Waals surface area contributed by atoms with E-state index in [1.54, 1.807) is 12.5 Å². The minimum absolute atomic E-state index is 0.268.